The summed E-state index contributed by atoms with van der Waals surface area (Å²) in [5.41, 5.74) is 2.33. The normalized spacial score (nSPS) is 10.8. The Balaban J connectivity index is 1.65. The van der Waals surface area contributed by atoms with Gasteiger partial charge in [-0.3, -0.25) is 4.79 Å². The molecule has 3 aromatic rings. The third kappa shape index (κ3) is 2.83. The number of halogens is 1. The topological polar surface area (TPSA) is 46.9 Å². The number of amides is 1. The predicted octanol–water partition coefficient (Wildman–Crippen LogP) is 2.68. The van der Waals surface area contributed by atoms with Crippen LogP contribution in [0.3, 0.4) is 0 Å². The van der Waals surface area contributed by atoms with E-state index in [1.165, 1.54) is 18.2 Å². The first-order valence-electron chi connectivity index (χ1n) is 7.09. The van der Waals surface area contributed by atoms with Crippen molar-refractivity contribution in [3.8, 4) is 0 Å². The molecule has 1 N–H and O–H groups in total. The third-order valence-electron chi connectivity index (χ3n) is 3.60. The van der Waals surface area contributed by atoms with Gasteiger partial charge in [0.05, 0.1) is 11.0 Å². The zero-order chi connectivity index (χ0) is 15.5. The van der Waals surface area contributed by atoms with Crippen LogP contribution >= 0.6 is 0 Å². The van der Waals surface area contributed by atoms with E-state index < -0.39 is 5.82 Å². The van der Waals surface area contributed by atoms with E-state index in [0.29, 0.717) is 18.5 Å². The lowest BCUT2D eigenvalue weighted by Crippen LogP contribution is -2.26. The highest BCUT2D eigenvalue weighted by Gasteiger charge is 2.09. The zero-order valence-corrected chi connectivity index (χ0v) is 12.2. The number of fused-ring (bicyclic) bond motifs is 1. The predicted molar refractivity (Wildman–Crippen MR) is 83.2 cm³/mol. The van der Waals surface area contributed by atoms with Gasteiger partial charge < -0.3 is 9.88 Å². The molecule has 0 atom stereocenters. The average molecular weight is 297 g/mol. The van der Waals surface area contributed by atoms with Gasteiger partial charge in [-0.2, -0.15) is 0 Å². The maximum Gasteiger partial charge on any atom is 0.251 e. The van der Waals surface area contributed by atoms with Gasteiger partial charge in [0.1, 0.15) is 11.6 Å². The van der Waals surface area contributed by atoms with Crippen LogP contribution in [-0.2, 0) is 13.5 Å². The number of benzene rings is 2. The van der Waals surface area contributed by atoms with Crippen molar-refractivity contribution >= 4 is 16.9 Å². The van der Waals surface area contributed by atoms with Crippen LogP contribution in [0.25, 0.3) is 11.0 Å². The zero-order valence-electron chi connectivity index (χ0n) is 12.2. The van der Waals surface area contributed by atoms with E-state index in [1.807, 2.05) is 35.9 Å². The van der Waals surface area contributed by atoms with Crippen molar-refractivity contribution in [3.05, 3.63) is 65.7 Å². The fourth-order valence-electron chi connectivity index (χ4n) is 2.44. The van der Waals surface area contributed by atoms with E-state index in [9.17, 15) is 9.18 Å². The van der Waals surface area contributed by atoms with Crippen molar-refractivity contribution in [2.75, 3.05) is 6.54 Å². The highest BCUT2D eigenvalue weighted by atomic mass is 19.1. The molecule has 0 aliphatic heterocycles. The summed E-state index contributed by atoms with van der Waals surface area (Å²) >= 11 is 0. The molecular formula is C17H16FN3O. The van der Waals surface area contributed by atoms with E-state index in [2.05, 4.69) is 10.3 Å². The number of nitrogens with one attached hydrogen (secondary N) is 1. The molecule has 1 aromatic heterocycles. The number of hydrogen-bond acceptors (Lipinski definition) is 2. The van der Waals surface area contributed by atoms with Crippen LogP contribution in [-0.4, -0.2) is 22.0 Å². The van der Waals surface area contributed by atoms with Crippen LogP contribution in [0.5, 0.6) is 0 Å². The molecule has 0 aliphatic rings. The molecule has 0 aliphatic carbocycles. The van der Waals surface area contributed by atoms with Gasteiger partial charge in [0.2, 0.25) is 0 Å². The van der Waals surface area contributed by atoms with Crippen LogP contribution in [0.4, 0.5) is 4.39 Å². The van der Waals surface area contributed by atoms with Crippen molar-refractivity contribution < 1.29 is 9.18 Å². The van der Waals surface area contributed by atoms with Crippen LogP contribution in [0.15, 0.2) is 48.5 Å². The number of carbonyl (C=O) groups excluding carboxylic acids is 1. The first kappa shape index (κ1) is 14.3. The Morgan fingerprint density at radius 1 is 1.23 bits per heavy atom. The fourth-order valence-corrected chi connectivity index (χ4v) is 2.44. The molecule has 0 bridgehead atoms. The number of imidazole rings is 1. The second-order valence-electron chi connectivity index (χ2n) is 5.09. The quantitative estimate of drug-likeness (QED) is 0.805. The summed E-state index contributed by atoms with van der Waals surface area (Å²) in [6.45, 7) is 0.451. The number of nitrogens with zero attached hydrogens (tertiary/aromatic N) is 2. The van der Waals surface area contributed by atoms with Crippen LogP contribution < -0.4 is 5.32 Å². The lowest BCUT2D eigenvalue weighted by molar-refractivity contribution is 0.0953. The first-order valence-corrected chi connectivity index (χ1v) is 7.09. The average Bonchev–Trinajstić information content (AvgIpc) is 2.84. The van der Waals surface area contributed by atoms with E-state index in [1.54, 1.807) is 6.07 Å². The van der Waals surface area contributed by atoms with E-state index in [4.69, 9.17) is 0 Å². The van der Waals surface area contributed by atoms with E-state index in [-0.39, 0.29) is 5.91 Å². The Hall–Kier alpha value is -2.69. The number of hydrogen-bond donors (Lipinski definition) is 1. The summed E-state index contributed by atoms with van der Waals surface area (Å²) in [4.78, 5) is 16.5. The SMILES string of the molecule is Cn1c(CCNC(=O)c2cccc(F)c2)nc2ccccc21. The largest absolute Gasteiger partial charge is 0.352 e. The molecule has 0 fully saturated rings. The van der Waals surface area contributed by atoms with E-state index >= 15 is 0 Å². The standard InChI is InChI=1S/C17H16FN3O/c1-21-15-8-3-2-7-14(15)20-16(21)9-10-19-17(22)12-5-4-6-13(18)11-12/h2-8,11H,9-10H2,1H3,(H,19,22). The fraction of sp³-hybridized carbons (Fsp3) is 0.176. The van der Waals surface area contributed by atoms with Gasteiger partial charge >= 0.3 is 0 Å². The molecule has 0 saturated heterocycles. The summed E-state index contributed by atoms with van der Waals surface area (Å²) in [6, 6.07) is 13.6. The third-order valence-corrected chi connectivity index (χ3v) is 3.60. The van der Waals surface area contributed by atoms with Gasteiger partial charge in [-0.1, -0.05) is 18.2 Å². The van der Waals surface area contributed by atoms with Crippen molar-refractivity contribution in [2.24, 2.45) is 7.05 Å². The van der Waals surface area contributed by atoms with Gasteiger partial charge in [-0.15, -0.1) is 0 Å². The summed E-state index contributed by atoms with van der Waals surface area (Å²) in [5.74, 6) is 0.210. The Morgan fingerprint density at radius 3 is 2.82 bits per heavy atom. The minimum absolute atomic E-state index is 0.279. The maximum absolute atomic E-state index is 13.1. The van der Waals surface area contributed by atoms with E-state index in [0.717, 1.165) is 16.9 Å². The molecule has 0 saturated carbocycles. The summed E-state index contributed by atoms with van der Waals surface area (Å²) in [7, 11) is 1.96. The van der Waals surface area contributed by atoms with Gasteiger partial charge in [0.25, 0.3) is 5.91 Å². The lowest BCUT2D eigenvalue weighted by Gasteiger charge is -2.06. The second-order valence-corrected chi connectivity index (χ2v) is 5.09. The Kier molecular flexibility index (Phi) is 3.87. The number of para-hydroxylation sites is 2. The first-order chi connectivity index (χ1) is 10.6. The molecule has 5 heteroatoms. The van der Waals surface area contributed by atoms with Gasteiger partial charge in [0, 0.05) is 25.6 Å². The summed E-state index contributed by atoms with van der Waals surface area (Å²) in [6.07, 6.45) is 0.617. The lowest BCUT2D eigenvalue weighted by atomic mass is 10.2. The van der Waals surface area contributed by atoms with Crippen molar-refractivity contribution in [2.45, 2.75) is 6.42 Å². The number of aryl methyl sites for hydroxylation is 1. The highest BCUT2D eigenvalue weighted by Crippen LogP contribution is 2.14. The Morgan fingerprint density at radius 2 is 2.05 bits per heavy atom. The molecular weight excluding hydrogens is 281 g/mol. The van der Waals surface area contributed by atoms with Crippen molar-refractivity contribution in [3.63, 3.8) is 0 Å². The minimum atomic E-state index is -0.414. The molecule has 0 unspecified atom stereocenters. The number of carbonyl (C=O) groups is 1. The van der Waals surface area contributed by atoms with Gasteiger partial charge in [-0.25, -0.2) is 9.37 Å². The molecule has 22 heavy (non-hydrogen) atoms. The summed E-state index contributed by atoms with van der Waals surface area (Å²) in [5, 5.41) is 2.79. The second kappa shape index (κ2) is 5.97. The molecule has 112 valence electrons. The summed E-state index contributed by atoms with van der Waals surface area (Å²) < 4.78 is 15.1. The monoisotopic (exact) mass is 297 g/mol. The molecule has 4 nitrogen and oxygen atoms in total. The van der Waals surface area contributed by atoms with Crippen molar-refractivity contribution in [1.29, 1.82) is 0 Å². The molecule has 1 amide bonds. The molecule has 2 aromatic carbocycles. The number of aromatic nitrogens is 2. The van der Waals surface area contributed by atoms with Gasteiger partial charge in [-0.05, 0) is 30.3 Å². The highest BCUT2D eigenvalue weighted by molar-refractivity contribution is 5.94. The maximum atomic E-state index is 13.1. The molecule has 1 heterocycles. The van der Waals surface area contributed by atoms with Crippen LogP contribution in [0.2, 0.25) is 0 Å². The number of rotatable bonds is 4. The Labute approximate surface area is 127 Å². The molecule has 3 rings (SSSR count). The van der Waals surface area contributed by atoms with Gasteiger partial charge in [0.15, 0.2) is 0 Å². The van der Waals surface area contributed by atoms with Crippen LogP contribution in [0, 0.1) is 5.82 Å². The minimum Gasteiger partial charge on any atom is -0.352 e. The molecule has 0 spiro atoms. The van der Waals surface area contributed by atoms with Crippen molar-refractivity contribution in [1.82, 2.24) is 14.9 Å². The Bertz CT molecular complexity index is 826. The molecule has 0 radical (unpaired) electrons. The smallest absolute Gasteiger partial charge is 0.251 e. The van der Waals surface area contributed by atoms with Crippen LogP contribution in [0.1, 0.15) is 16.2 Å².